The van der Waals surface area contributed by atoms with E-state index in [0.717, 1.165) is 27.8 Å². The van der Waals surface area contributed by atoms with Crippen molar-refractivity contribution in [2.24, 2.45) is 0 Å². The Labute approximate surface area is 151 Å². The SMILES string of the molecule is CC1=C(c2ccccc2)C2(C(=O)c3ccccc3C2=O)c2ccccc21. The molecule has 26 heavy (non-hydrogen) atoms. The lowest BCUT2D eigenvalue weighted by Crippen LogP contribution is -2.38. The molecule has 2 nitrogen and oxygen atoms in total. The van der Waals surface area contributed by atoms with Crippen molar-refractivity contribution >= 4 is 22.7 Å². The van der Waals surface area contributed by atoms with Crippen LogP contribution in [0.5, 0.6) is 0 Å². The second-order valence-electron chi connectivity index (χ2n) is 6.87. The van der Waals surface area contributed by atoms with E-state index in [4.69, 9.17) is 0 Å². The molecule has 2 aliphatic carbocycles. The summed E-state index contributed by atoms with van der Waals surface area (Å²) in [5.74, 6) is -0.220. The minimum absolute atomic E-state index is 0.110. The molecule has 3 aromatic rings. The van der Waals surface area contributed by atoms with Crippen molar-refractivity contribution in [3.05, 3.63) is 107 Å². The molecule has 5 rings (SSSR count). The zero-order valence-corrected chi connectivity index (χ0v) is 14.3. The number of ketones is 2. The summed E-state index contributed by atoms with van der Waals surface area (Å²) < 4.78 is 0. The summed E-state index contributed by atoms with van der Waals surface area (Å²) in [6.45, 7) is 2.01. The largest absolute Gasteiger partial charge is 0.292 e. The second kappa shape index (κ2) is 5.12. The van der Waals surface area contributed by atoms with Gasteiger partial charge in [-0.1, -0.05) is 78.9 Å². The molecule has 0 amide bonds. The van der Waals surface area contributed by atoms with Gasteiger partial charge in [-0.2, -0.15) is 0 Å². The summed E-state index contributed by atoms with van der Waals surface area (Å²) in [6.07, 6.45) is 0. The van der Waals surface area contributed by atoms with Crippen LogP contribution in [0.4, 0.5) is 0 Å². The third-order valence-corrected chi connectivity index (χ3v) is 5.65. The molecule has 1 spiro atoms. The van der Waals surface area contributed by atoms with Crippen molar-refractivity contribution in [3.8, 4) is 0 Å². The van der Waals surface area contributed by atoms with Crippen LogP contribution in [0.1, 0.15) is 44.3 Å². The van der Waals surface area contributed by atoms with E-state index < -0.39 is 5.41 Å². The molecule has 0 atom stereocenters. The molecule has 124 valence electrons. The number of allylic oxidation sites excluding steroid dienone is 2. The van der Waals surface area contributed by atoms with E-state index in [1.807, 2.05) is 73.7 Å². The van der Waals surface area contributed by atoms with Crippen molar-refractivity contribution < 1.29 is 9.59 Å². The van der Waals surface area contributed by atoms with Gasteiger partial charge in [0.15, 0.2) is 11.6 Å². The van der Waals surface area contributed by atoms with Crippen molar-refractivity contribution in [2.75, 3.05) is 0 Å². The molecule has 0 saturated carbocycles. The number of fused-ring (bicyclic) bond motifs is 3. The topological polar surface area (TPSA) is 34.1 Å². The maximum Gasteiger partial charge on any atom is 0.186 e. The Balaban J connectivity index is 1.91. The zero-order chi connectivity index (χ0) is 17.9. The Hall–Kier alpha value is -3.26. The van der Waals surface area contributed by atoms with Crippen LogP contribution in [0.25, 0.3) is 11.1 Å². The quantitative estimate of drug-likeness (QED) is 0.589. The Kier molecular flexibility index (Phi) is 2.96. The standard InChI is InChI=1S/C24H16O2/c1-15-17-11-7-8-14-20(17)24(21(15)16-9-3-2-4-10-16)22(25)18-12-5-6-13-19(18)23(24)26/h2-14H,1H3. The molecule has 0 aliphatic heterocycles. The summed E-state index contributed by atoms with van der Waals surface area (Å²) in [5.41, 5.74) is 4.34. The average molecular weight is 336 g/mol. The van der Waals surface area contributed by atoms with E-state index in [9.17, 15) is 9.59 Å². The Morgan fingerprint density at radius 3 is 1.73 bits per heavy atom. The molecule has 0 aromatic heterocycles. The second-order valence-corrected chi connectivity index (χ2v) is 6.87. The highest BCUT2D eigenvalue weighted by atomic mass is 16.2. The van der Waals surface area contributed by atoms with Gasteiger partial charge in [0.05, 0.1) is 0 Å². The number of hydrogen-bond acceptors (Lipinski definition) is 2. The lowest BCUT2D eigenvalue weighted by atomic mass is 9.71. The van der Waals surface area contributed by atoms with Gasteiger partial charge in [-0.05, 0) is 34.8 Å². The number of benzene rings is 3. The Morgan fingerprint density at radius 2 is 1.12 bits per heavy atom. The minimum atomic E-state index is -1.26. The monoisotopic (exact) mass is 336 g/mol. The van der Waals surface area contributed by atoms with Crippen molar-refractivity contribution in [1.29, 1.82) is 0 Å². The van der Waals surface area contributed by atoms with Crippen molar-refractivity contribution in [1.82, 2.24) is 0 Å². The number of hydrogen-bond donors (Lipinski definition) is 0. The molecule has 0 N–H and O–H groups in total. The molecule has 2 heteroatoms. The van der Waals surface area contributed by atoms with Gasteiger partial charge in [0, 0.05) is 11.1 Å². The van der Waals surface area contributed by atoms with Crippen LogP contribution >= 0.6 is 0 Å². The van der Waals surface area contributed by atoms with Crippen LogP contribution in [-0.2, 0) is 5.41 Å². The van der Waals surface area contributed by atoms with Gasteiger partial charge in [-0.3, -0.25) is 9.59 Å². The fraction of sp³-hybridized carbons (Fsp3) is 0.0833. The van der Waals surface area contributed by atoms with Gasteiger partial charge in [-0.15, -0.1) is 0 Å². The predicted molar refractivity (Wildman–Crippen MR) is 102 cm³/mol. The van der Waals surface area contributed by atoms with Crippen LogP contribution in [0.2, 0.25) is 0 Å². The third-order valence-electron chi connectivity index (χ3n) is 5.65. The van der Waals surface area contributed by atoms with Crippen molar-refractivity contribution in [3.63, 3.8) is 0 Å². The van der Waals surface area contributed by atoms with Crippen molar-refractivity contribution in [2.45, 2.75) is 12.3 Å². The molecule has 0 bridgehead atoms. The minimum Gasteiger partial charge on any atom is -0.292 e. The fourth-order valence-corrected chi connectivity index (χ4v) is 4.58. The average Bonchev–Trinajstić information content (AvgIpc) is 3.09. The number of rotatable bonds is 1. The van der Waals surface area contributed by atoms with Gasteiger partial charge in [-0.25, -0.2) is 0 Å². The highest BCUT2D eigenvalue weighted by Gasteiger charge is 2.60. The first kappa shape index (κ1) is 15.0. The van der Waals surface area contributed by atoms with E-state index in [0.29, 0.717) is 11.1 Å². The molecule has 0 unspecified atom stereocenters. The predicted octanol–water partition coefficient (Wildman–Crippen LogP) is 4.95. The van der Waals surface area contributed by atoms with Crippen LogP contribution in [0, 0.1) is 0 Å². The Bertz CT molecular complexity index is 1080. The zero-order valence-electron chi connectivity index (χ0n) is 14.3. The summed E-state index contributed by atoms with van der Waals surface area (Å²) in [5, 5.41) is 0. The van der Waals surface area contributed by atoms with Gasteiger partial charge >= 0.3 is 0 Å². The van der Waals surface area contributed by atoms with Gasteiger partial charge in [0.1, 0.15) is 5.41 Å². The molecule has 0 heterocycles. The first-order valence-corrected chi connectivity index (χ1v) is 8.72. The van der Waals surface area contributed by atoms with E-state index in [2.05, 4.69) is 0 Å². The molecule has 2 aliphatic rings. The van der Waals surface area contributed by atoms with Crippen LogP contribution in [0.3, 0.4) is 0 Å². The smallest absolute Gasteiger partial charge is 0.186 e. The molecular formula is C24H16O2. The normalized spacial score (nSPS) is 17.0. The van der Waals surface area contributed by atoms with Gasteiger partial charge in [0.2, 0.25) is 0 Å². The van der Waals surface area contributed by atoms with E-state index >= 15 is 0 Å². The molecule has 3 aromatic carbocycles. The van der Waals surface area contributed by atoms with Crippen LogP contribution in [-0.4, -0.2) is 11.6 Å². The maximum absolute atomic E-state index is 13.7. The summed E-state index contributed by atoms with van der Waals surface area (Å²) in [7, 11) is 0. The first-order valence-electron chi connectivity index (χ1n) is 8.72. The maximum atomic E-state index is 13.7. The molecular weight excluding hydrogens is 320 g/mol. The number of Topliss-reactive ketones (excluding diaryl/α,β-unsaturated/α-hetero) is 2. The third kappa shape index (κ3) is 1.62. The lowest BCUT2D eigenvalue weighted by Gasteiger charge is -2.26. The molecule has 0 fully saturated rings. The molecule has 0 radical (unpaired) electrons. The summed E-state index contributed by atoms with van der Waals surface area (Å²) in [6, 6.07) is 24.8. The molecule has 0 saturated heterocycles. The lowest BCUT2D eigenvalue weighted by molar-refractivity contribution is 0.0845. The highest BCUT2D eigenvalue weighted by molar-refractivity contribution is 6.42. The van der Waals surface area contributed by atoms with E-state index in [1.54, 1.807) is 12.1 Å². The fourth-order valence-electron chi connectivity index (χ4n) is 4.58. The van der Waals surface area contributed by atoms with E-state index in [1.165, 1.54) is 0 Å². The Morgan fingerprint density at radius 1 is 0.615 bits per heavy atom. The van der Waals surface area contributed by atoms with Crippen LogP contribution < -0.4 is 0 Å². The summed E-state index contributed by atoms with van der Waals surface area (Å²) in [4.78, 5) is 27.3. The summed E-state index contributed by atoms with van der Waals surface area (Å²) >= 11 is 0. The van der Waals surface area contributed by atoms with Crippen LogP contribution in [0.15, 0.2) is 78.9 Å². The van der Waals surface area contributed by atoms with E-state index in [-0.39, 0.29) is 11.6 Å². The number of carbonyl (C=O) groups excluding carboxylic acids is 2. The first-order chi connectivity index (χ1) is 12.7. The van der Waals surface area contributed by atoms with Gasteiger partial charge < -0.3 is 0 Å². The number of carbonyl (C=O) groups is 2. The highest BCUT2D eigenvalue weighted by Crippen LogP contribution is 2.56. The van der Waals surface area contributed by atoms with Gasteiger partial charge in [0.25, 0.3) is 0 Å².